The van der Waals surface area contributed by atoms with E-state index in [-0.39, 0.29) is 0 Å². The van der Waals surface area contributed by atoms with Crippen LogP contribution in [-0.2, 0) is 0 Å². The molecule has 0 N–H and O–H groups in total. The van der Waals surface area contributed by atoms with Gasteiger partial charge in [0.1, 0.15) is 23.0 Å². The molecule has 0 bridgehead atoms. The van der Waals surface area contributed by atoms with Crippen LogP contribution in [0.3, 0.4) is 0 Å². The van der Waals surface area contributed by atoms with Crippen LogP contribution in [0.15, 0.2) is 95.7 Å². The Morgan fingerprint density at radius 3 is 1.83 bits per heavy atom. The van der Waals surface area contributed by atoms with Crippen molar-refractivity contribution in [1.82, 2.24) is 0 Å². The second-order valence-electron chi connectivity index (χ2n) is 6.12. The van der Waals surface area contributed by atoms with E-state index >= 15 is 0 Å². The molecule has 3 aromatic rings. The minimum absolute atomic E-state index is 0.440. The zero-order valence-electron chi connectivity index (χ0n) is 16.7. The van der Waals surface area contributed by atoms with Gasteiger partial charge in [0, 0.05) is 5.57 Å². The lowest BCUT2D eigenvalue weighted by molar-refractivity contribution is 0.412. The fraction of sp³-hybridized carbons (Fsp3) is 0.125. The first-order valence-corrected chi connectivity index (χ1v) is 9.11. The molecule has 0 spiro atoms. The summed E-state index contributed by atoms with van der Waals surface area (Å²) in [6.45, 7) is 1.88. The van der Waals surface area contributed by atoms with Crippen LogP contribution in [0.25, 0.3) is 0 Å². The van der Waals surface area contributed by atoms with Crippen molar-refractivity contribution >= 4 is 11.6 Å². The molecule has 0 atom stereocenters. The molecule has 3 aromatic carbocycles. The molecule has 0 heterocycles. The first-order chi connectivity index (χ1) is 14.2. The average Bonchev–Trinajstić information content (AvgIpc) is 2.78. The summed E-state index contributed by atoms with van der Waals surface area (Å²) in [5, 5.41) is 0. The van der Waals surface area contributed by atoms with E-state index in [1.807, 2.05) is 85.8 Å². The molecule has 0 aromatic heterocycles. The van der Waals surface area contributed by atoms with E-state index in [2.05, 4.69) is 4.99 Å². The molecule has 0 amide bonds. The van der Waals surface area contributed by atoms with Crippen LogP contribution in [0.4, 0.5) is 5.69 Å². The SMILES string of the molecule is COc1ccc(/N=C(Oc2ccccc2)\C(C)=C\Oc2ccc(OC)cc2)cc1. The molecule has 0 saturated heterocycles. The topological polar surface area (TPSA) is 49.3 Å². The third-order valence-corrected chi connectivity index (χ3v) is 4.03. The lowest BCUT2D eigenvalue weighted by atomic mass is 10.3. The number of aliphatic imine (C=N–C) groups is 1. The first kappa shape index (κ1) is 20.0. The van der Waals surface area contributed by atoms with E-state index < -0.39 is 0 Å². The number of para-hydroxylation sites is 1. The Hall–Kier alpha value is -3.73. The maximum absolute atomic E-state index is 6.01. The van der Waals surface area contributed by atoms with Crippen molar-refractivity contribution in [3.8, 4) is 23.0 Å². The molecular formula is C24H23NO4. The van der Waals surface area contributed by atoms with Crippen molar-refractivity contribution in [3.05, 3.63) is 90.7 Å². The van der Waals surface area contributed by atoms with E-state index in [0.29, 0.717) is 17.4 Å². The van der Waals surface area contributed by atoms with Gasteiger partial charge in [-0.15, -0.1) is 0 Å². The van der Waals surface area contributed by atoms with E-state index in [4.69, 9.17) is 18.9 Å². The molecule has 0 aliphatic heterocycles. The number of nitrogens with zero attached hydrogens (tertiary/aromatic N) is 1. The summed E-state index contributed by atoms with van der Waals surface area (Å²) in [4.78, 5) is 4.64. The summed E-state index contributed by atoms with van der Waals surface area (Å²) < 4.78 is 22.1. The van der Waals surface area contributed by atoms with Crippen molar-refractivity contribution in [2.24, 2.45) is 4.99 Å². The minimum atomic E-state index is 0.440. The Labute approximate surface area is 170 Å². The Morgan fingerprint density at radius 1 is 0.690 bits per heavy atom. The summed E-state index contributed by atoms with van der Waals surface area (Å²) in [6, 6.07) is 24.3. The van der Waals surface area contributed by atoms with Gasteiger partial charge in [-0.1, -0.05) is 18.2 Å². The molecule has 0 unspecified atom stereocenters. The second kappa shape index (κ2) is 9.99. The lowest BCUT2D eigenvalue weighted by Crippen LogP contribution is -2.10. The number of rotatable bonds is 7. The summed E-state index contributed by atoms with van der Waals surface area (Å²) in [5.74, 6) is 3.36. The van der Waals surface area contributed by atoms with E-state index in [0.717, 1.165) is 22.8 Å². The Balaban J connectivity index is 1.84. The molecule has 5 heteroatoms. The first-order valence-electron chi connectivity index (χ1n) is 9.11. The largest absolute Gasteiger partial charge is 0.497 e. The van der Waals surface area contributed by atoms with Crippen molar-refractivity contribution in [3.63, 3.8) is 0 Å². The molecule has 0 aliphatic carbocycles. The van der Waals surface area contributed by atoms with Gasteiger partial charge in [0.25, 0.3) is 0 Å². The van der Waals surface area contributed by atoms with Crippen LogP contribution < -0.4 is 18.9 Å². The fourth-order valence-corrected chi connectivity index (χ4v) is 2.43. The zero-order valence-corrected chi connectivity index (χ0v) is 16.7. The quantitative estimate of drug-likeness (QED) is 0.291. The van der Waals surface area contributed by atoms with Gasteiger partial charge in [0.05, 0.1) is 26.2 Å². The van der Waals surface area contributed by atoms with Gasteiger partial charge >= 0.3 is 0 Å². The van der Waals surface area contributed by atoms with Gasteiger partial charge in [-0.3, -0.25) is 0 Å². The molecule has 0 fully saturated rings. The molecule has 29 heavy (non-hydrogen) atoms. The van der Waals surface area contributed by atoms with E-state index in [9.17, 15) is 0 Å². The zero-order chi connectivity index (χ0) is 20.5. The predicted octanol–water partition coefficient (Wildman–Crippen LogP) is 5.80. The number of hydrogen-bond donors (Lipinski definition) is 0. The maximum Gasteiger partial charge on any atom is 0.225 e. The lowest BCUT2D eigenvalue weighted by Gasteiger charge is -2.10. The summed E-state index contributed by atoms with van der Waals surface area (Å²) in [7, 11) is 3.26. The third-order valence-electron chi connectivity index (χ3n) is 4.03. The van der Waals surface area contributed by atoms with Crippen LogP contribution in [0.2, 0.25) is 0 Å². The van der Waals surface area contributed by atoms with Crippen molar-refractivity contribution < 1.29 is 18.9 Å². The van der Waals surface area contributed by atoms with Crippen molar-refractivity contribution in [2.45, 2.75) is 6.92 Å². The average molecular weight is 389 g/mol. The number of benzene rings is 3. The highest BCUT2D eigenvalue weighted by atomic mass is 16.5. The number of ether oxygens (including phenoxy) is 4. The van der Waals surface area contributed by atoms with Gasteiger partial charge in [-0.2, -0.15) is 0 Å². The molecular weight excluding hydrogens is 366 g/mol. The van der Waals surface area contributed by atoms with Gasteiger partial charge in [0.2, 0.25) is 5.90 Å². The highest BCUT2D eigenvalue weighted by molar-refractivity contribution is 5.96. The summed E-state index contributed by atoms with van der Waals surface area (Å²) in [5.41, 5.74) is 1.48. The summed E-state index contributed by atoms with van der Waals surface area (Å²) >= 11 is 0. The van der Waals surface area contributed by atoms with E-state index in [1.54, 1.807) is 20.5 Å². The van der Waals surface area contributed by atoms with Crippen LogP contribution >= 0.6 is 0 Å². The van der Waals surface area contributed by atoms with Crippen LogP contribution in [-0.4, -0.2) is 20.1 Å². The third kappa shape index (κ3) is 5.87. The smallest absolute Gasteiger partial charge is 0.225 e. The fourth-order valence-electron chi connectivity index (χ4n) is 2.43. The van der Waals surface area contributed by atoms with Crippen molar-refractivity contribution in [1.29, 1.82) is 0 Å². The van der Waals surface area contributed by atoms with Crippen LogP contribution in [0, 0.1) is 0 Å². The van der Waals surface area contributed by atoms with Gasteiger partial charge in [-0.05, 0) is 67.6 Å². The maximum atomic E-state index is 6.01. The highest BCUT2D eigenvalue weighted by Gasteiger charge is 2.08. The normalized spacial score (nSPS) is 11.7. The van der Waals surface area contributed by atoms with Gasteiger partial charge in [-0.25, -0.2) is 4.99 Å². The van der Waals surface area contributed by atoms with Crippen molar-refractivity contribution in [2.75, 3.05) is 14.2 Å². The Kier molecular flexibility index (Phi) is 6.90. The Bertz CT molecular complexity index is 962. The van der Waals surface area contributed by atoms with E-state index in [1.165, 1.54) is 0 Å². The van der Waals surface area contributed by atoms with Crippen LogP contribution in [0.1, 0.15) is 6.92 Å². The molecule has 0 radical (unpaired) electrons. The highest BCUT2D eigenvalue weighted by Crippen LogP contribution is 2.21. The molecule has 0 saturated carbocycles. The monoisotopic (exact) mass is 389 g/mol. The summed E-state index contributed by atoms with van der Waals surface area (Å²) in [6.07, 6.45) is 1.62. The number of methoxy groups -OCH3 is 2. The number of hydrogen-bond acceptors (Lipinski definition) is 5. The minimum Gasteiger partial charge on any atom is -0.497 e. The van der Waals surface area contributed by atoms with Crippen LogP contribution in [0.5, 0.6) is 23.0 Å². The predicted molar refractivity (Wildman–Crippen MR) is 115 cm³/mol. The molecule has 5 nitrogen and oxygen atoms in total. The molecule has 0 aliphatic rings. The molecule has 3 rings (SSSR count). The van der Waals surface area contributed by atoms with Gasteiger partial charge < -0.3 is 18.9 Å². The Morgan fingerprint density at radius 2 is 1.24 bits per heavy atom. The standard InChI is InChI=1S/C24H23NO4/c1-18(17-28-22-15-13-21(27-3)14-16-22)24(29-23-7-5-4-6-8-23)25-19-9-11-20(26-2)12-10-19/h4-17H,1-3H3/b18-17+,25-24+. The second-order valence-corrected chi connectivity index (χ2v) is 6.12. The molecule has 148 valence electrons. The van der Waals surface area contributed by atoms with Gasteiger partial charge in [0.15, 0.2) is 0 Å².